The first-order chi connectivity index (χ1) is 14.2. The largest absolute Gasteiger partial charge is 0.198 e. The lowest BCUT2D eigenvalue weighted by molar-refractivity contribution is 0.0902. The van der Waals surface area contributed by atoms with Gasteiger partial charge in [-0.1, -0.05) is 65.2 Å². The Labute approximate surface area is 182 Å². The minimum Gasteiger partial charge on any atom is -0.198 e. The minimum atomic E-state index is 0.0395. The van der Waals surface area contributed by atoms with Gasteiger partial charge in [0.1, 0.15) is 0 Å². The van der Waals surface area contributed by atoms with E-state index in [0.29, 0.717) is 0 Å². The molecule has 0 amide bonds. The van der Waals surface area contributed by atoms with Crippen LogP contribution < -0.4 is 0 Å². The summed E-state index contributed by atoms with van der Waals surface area (Å²) in [6.07, 6.45) is 26.4. The van der Waals surface area contributed by atoms with E-state index >= 15 is 0 Å². The molecule has 3 aliphatic carbocycles. The number of hydrogen-bond acceptors (Lipinski definition) is 1. The first-order valence-electron chi connectivity index (χ1n) is 13.6. The molecule has 0 aromatic rings. The predicted octanol–water partition coefficient (Wildman–Crippen LogP) is 9.07. The average molecular weight is 400 g/mol. The van der Waals surface area contributed by atoms with Crippen molar-refractivity contribution in [3.63, 3.8) is 0 Å². The third kappa shape index (κ3) is 6.48. The van der Waals surface area contributed by atoms with Gasteiger partial charge in [0.25, 0.3) is 0 Å². The molecule has 0 aliphatic heterocycles. The summed E-state index contributed by atoms with van der Waals surface area (Å²) >= 11 is 0. The van der Waals surface area contributed by atoms with E-state index in [1.54, 1.807) is 0 Å². The Balaban J connectivity index is 1.36. The van der Waals surface area contributed by atoms with Crippen LogP contribution in [-0.4, -0.2) is 0 Å². The number of nitrogens with zero attached hydrogens (tertiary/aromatic N) is 1. The Bertz CT molecular complexity index is 479. The van der Waals surface area contributed by atoms with Gasteiger partial charge in [0.2, 0.25) is 0 Å². The number of nitriles is 1. The summed E-state index contributed by atoms with van der Waals surface area (Å²) in [6, 6.07) is 2.79. The van der Waals surface area contributed by atoms with Gasteiger partial charge < -0.3 is 0 Å². The molecule has 0 atom stereocenters. The van der Waals surface area contributed by atoms with Crippen LogP contribution in [0.15, 0.2) is 0 Å². The highest BCUT2D eigenvalue weighted by atomic mass is 14.5. The number of hydrogen-bond donors (Lipinski definition) is 0. The SMILES string of the molecule is CCCCCCCC1(C#N)CCC(C2CCC(C3CCC(CC)CC3)CC2)CC1. The van der Waals surface area contributed by atoms with E-state index in [1.165, 1.54) is 122 Å². The van der Waals surface area contributed by atoms with E-state index in [1.807, 2.05) is 0 Å². The normalized spacial score (nSPS) is 38.4. The average Bonchev–Trinajstić information content (AvgIpc) is 2.79. The van der Waals surface area contributed by atoms with Gasteiger partial charge in [0.15, 0.2) is 0 Å². The van der Waals surface area contributed by atoms with Crippen LogP contribution in [0, 0.1) is 46.3 Å². The van der Waals surface area contributed by atoms with Crippen molar-refractivity contribution in [2.45, 2.75) is 136 Å². The van der Waals surface area contributed by atoms with Crippen LogP contribution in [0.1, 0.15) is 136 Å². The fourth-order valence-electron chi connectivity index (χ4n) is 7.30. The highest BCUT2D eigenvalue weighted by Crippen LogP contribution is 2.49. The maximum Gasteiger partial charge on any atom is 0.0689 e. The van der Waals surface area contributed by atoms with Crippen molar-refractivity contribution in [2.75, 3.05) is 0 Å². The maximum atomic E-state index is 9.91. The van der Waals surface area contributed by atoms with Crippen molar-refractivity contribution < 1.29 is 0 Å². The second kappa shape index (κ2) is 11.8. The molecule has 0 heterocycles. The molecule has 166 valence electrons. The lowest BCUT2D eigenvalue weighted by Crippen LogP contribution is -2.32. The zero-order valence-corrected chi connectivity index (χ0v) is 19.8. The molecule has 1 heteroatoms. The van der Waals surface area contributed by atoms with Crippen LogP contribution in [0.3, 0.4) is 0 Å². The summed E-state index contributed by atoms with van der Waals surface area (Å²) in [5.41, 5.74) is 0.0395. The van der Waals surface area contributed by atoms with Gasteiger partial charge in [-0.25, -0.2) is 0 Å². The third-order valence-electron chi connectivity index (χ3n) is 9.60. The van der Waals surface area contributed by atoms with Gasteiger partial charge in [-0.15, -0.1) is 0 Å². The van der Waals surface area contributed by atoms with Gasteiger partial charge in [0, 0.05) is 0 Å². The molecule has 0 radical (unpaired) electrons. The second-order valence-electron chi connectivity index (χ2n) is 11.3. The summed E-state index contributed by atoms with van der Waals surface area (Å²) in [6.45, 7) is 4.66. The molecule has 0 aromatic heterocycles. The molecule has 29 heavy (non-hydrogen) atoms. The zero-order valence-electron chi connectivity index (χ0n) is 19.8. The van der Waals surface area contributed by atoms with Crippen molar-refractivity contribution in [1.82, 2.24) is 0 Å². The molecule has 0 N–H and O–H groups in total. The van der Waals surface area contributed by atoms with Crippen LogP contribution >= 0.6 is 0 Å². The fraction of sp³-hybridized carbons (Fsp3) is 0.964. The van der Waals surface area contributed by atoms with E-state index in [9.17, 15) is 5.26 Å². The van der Waals surface area contributed by atoms with E-state index in [-0.39, 0.29) is 5.41 Å². The predicted molar refractivity (Wildman–Crippen MR) is 125 cm³/mol. The van der Waals surface area contributed by atoms with E-state index in [2.05, 4.69) is 19.9 Å². The Kier molecular flexibility index (Phi) is 9.40. The fourth-order valence-corrected chi connectivity index (χ4v) is 7.30. The Morgan fingerprint density at radius 1 is 0.655 bits per heavy atom. The molecule has 0 unspecified atom stereocenters. The van der Waals surface area contributed by atoms with E-state index in [4.69, 9.17) is 0 Å². The molecule has 3 aliphatic rings. The number of unbranched alkanes of at least 4 members (excludes halogenated alkanes) is 4. The van der Waals surface area contributed by atoms with Gasteiger partial charge >= 0.3 is 0 Å². The van der Waals surface area contributed by atoms with Crippen molar-refractivity contribution in [2.24, 2.45) is 35.0 Å². The summed E-state index contributed by atoms with van der Waals surface area (Å²) in [5.74, 6) is 5.07. The van der Waals surface area contributed by atoms with Crippen molar-refractivity contribution in [1.29, 1.82) is 5.26 Å². The maximum absolute atomic E-state index is 9.91. The quantitative estimate of drug-likeness (QED) is 0.355. The van der Waals surface area contributed by atoms with Crippen molar-refractivity contribution >= 4 is 0 Å². The van der Waals surface area contributed by atoms with Gasteiger partial charge in [-0.05, 0) is 100 Å². The van der Waals surface area contributed by atoms with Gasteiger partial charge in [-0.2, -0.15) is 5.26 Å². The van der Waals surface area contributed by atoms with Crippen LogP contribution in [0.2, 0.25) is 0 Å². The zero-order chi connectivity index (χ0) is 20.5. The van der Waals surface area contributed by atoms with E-state index < -0.39 is 0 Å². The monoisotopic (exact) mass is 399 g/mol. The van der Waals surface area contributed by atoms with Crippen LogP contribution in [0.4, 0.5) is 0 Å². The topological polar surface area (TPSA) is 23.8 Å². The second-order valence-corrected chi connectivity index (χ2v) is 11.3. The standard InChI is InChI=1S/C28H49N/c1-3-5-6-7-8-19-28(22-29)20-17-27(18-21-28)26-15-13-25(14-16-26)24-11-9-23(4-2)10-12-24/h23-27H,3-21H2,1-2H3. The molecular formula is C28H49N. The molecular weight excluding hydrogens is 350 g/mol. The smallest absolute Gasteiger partial charge is 0.0689 e. The summed E-state index contributed by atoms with van der Waals surface area (Å²) < 4.78 is 0. The summed E-state index contributed by atoms with van der Waals surface area (Å²) in [4.78, 5) is 0. The third-order valence-corrected chi connectivity index (χ3v) is 9.60. The molecule has 0 aromatic carbocycles. The first kappa shape index (κ1) is 23.2. The molecule has 3 saturated carbocycles. The van der Waals surface area contributed by atoms with Crippen molar-refractivity contribution in [3.8, 4) is 6.07 Å². The van der Waals surface area contributed by atoms with Crippen LogP contribution in [-0.2, 0) is 0 Å². The Morgan fingerprint density at radius 3 is 1.62 bits per heavy atom. The first-order valence-corrected chi connectivity index (χ1v) is 13.6. The molecule has 3 rings (SSSR count). The Hall–Kier alpha value is -0.510. The number of rotatable bonds is 9. The molecule has 0 spiro atoms. The van der Waals surface area contributed by atoms with Crippen molar-refractivity contribution in [3.05, 3.63) is 0 Å². The Morgan fingerprint density at radius 2 is 1.14 bits per heavy atom. The van der Waals surface area contributed by atoms with Crippen LogP contribution in [0.5, 0.6) is 0 Å². The minimum absolute atomic E-state index is 0.0395. The lowest BCUT2D eigenvalue weighted by atomic mass is 9.62. The summed E-state index contributed by atoms with van der Waals surface area (Å²) in [7, 11) is 0. The summed E-state index contributed by atoms with van der Waals surface area (Å²) in [5, 5.41) is 9.91. The van der Waals surface area contributed by atoms with Gasteiger partial charge in [-0.3, -0.25) is 0 Å². The molecule has 3 fully saturated rings. The molecule has 1 nitrogen and oxygen atoms in total. The van der Waals surface area contributed by atoms with E-state index in [0.717, 1.165) is 29.6 Å². The molecule has 0 bridgehead atoms. The lowest BCUT2D eigenvalue weighted by Gasteiger charge is -2.43. The van der Waals surface area contributed by atoms with Crippen LogP contribution in [0.25, 0.3) is 0 Å². The van der Waals surface area contributed by atoms with Gasteiger partial charge in [0.05, 0.1) is 11.5 Å². The highest BCUT2D eigenvalue weighted by Gasteiger charge is 2.39. The molecule has 0 saturated heterocycles. The highest BCUT2D eigenvalue weighted by molar-refractivity contribution is 5.02.